The second-order valence-corrected chi connectivity index (χ2v) is 7.75. The SMILES string of the molecule is CCOC(=O)/C=C/O[Si](C)(C)C. The Labute approximate surface area is 74.5 Å². The quantitative estimate of drug-likeness (QED) is 0.292. The molecule has 0 amide bonds. The highest BCUT2D eigenvalue weighted by Gasteiger charge is 2.12. The van der Waals surface area contributed by atoms with E-state index in [9.17, 15) is 4.79 Å². The molecule has 0 spiro atoms. The van der Waals surface area contributed by atoms with Gasteiger partial charge in [-0.15, -0.1) is 0 Å². The van der Waals surface area contributed by atoms with Crippen molar-refractivity contribution in [2.24, 2.45) is 0 Å². The highest BCUT2D eigenvalue weighted by Crippen LogP contribution is 2.02. The van der Waals surface area contributed by atoms with Gasteiger partial charge in [0.05, 0.1) is 18.9 Å². The van der Waals surface area contributed by atoms with Crippen LogP contribution in [-0.2, 0) is 14.0 Å². The molecule has 0 unspecified atom stereocenters. The van der Waals surface area contributed by atoms with Crippen molar-refractivity contribution < 1.29 is 14.0 Å². The summed E-state index contributed by atoms with van der Waals surface area (Å²) in [4.78, 5) is 10.8. The van der Waals surface area contributed by atoms with Gasteiger partial charge in [-0.05, 0) is 26.6 Å². The van der Waals surface area contributed by atoms with Gasteiger partial charge in [0.2, 0.25) is 8.32 Å². The van der Waals surface area contributed by atoms with Crippen molar-refractivity contribution in [2.75, 3.05) is 6.61 Å². The zero-order valence-electron chi connectivity index (χ0n) is 8.09. The number of esters is 1. The first-order valence-corrected chi connectivity index (χ1v) is 7.37. The molecular formula is C8H16O3Si. The fourth-order valence-electron chi connectivity index (χ4n) is 0.484. The van der Waals surface area contributed by atoms with Crippen molar-refractivity contribution in [2.45, 2.75) is 26.6 Å². The molecule has 0 rings (SSSR count). The first-order valence-electron chi connectivity index (χ1n) is 3.97. The molecule has 0 N–H and O–H groups in total. The van der Waals surface area contributed by atoms with Crippen LogP contribution in [0.4, 0.5) is 0 Å². The lowest BCUT2D eigenvalue weighted by Crippen LogP contribution is -2.22. The smallest absolute Gasteiger partial charge is 0.333 e. The molecule has 0 atom stereocenters. The molecule has 3 nitrogen and oxygen atoms in total. The minimum atomic E-state index is -1.54. The van der Waals surface area contributed by atoms with Crippen LogP contribution in [-0.4, -0.2) is 20.9 Å². The zero-order chi connectivity index (χ0) is 9.61. The molecule has 0 saturated carbocycles. The third-order valence-corrected chi connectivity index (χ3v) is 1.76. The normalized spacial score (nSPS) is 11.7. The van der Waals surface area contributed by atoms with Crippen LogP contribution in [0.3, 0.4) is 0 Å². The van der Waals surface area contributed by atoms with Gasteiger partial charge in [0.15, 0.2) is 0 Å². The second kappa shape index (κ2) is 4.98. The summed E-state index contributed by atoms with van der Waals surface area (Å²) in [5, 5.41) is 0. The van der Waals surface area contributed by atoms with Crippen molar-refractivity contribution in [3.8, 4) is 0 Å². The van der Waals surface area contributed by atoms with Crippen LogP contribution in [0, 0.1) is 0 Å². The van der Waals surface area contributed by atoms with Crippen LogP contribution in [0.25, 0.3) is 0 Å². The Bertz CT molecular complexity index is 170. The largest absolute Gasteiger partial charge is 0.549 e. The van der Waals surface area contributed by atoms with Crippen LogP contribution in [0.5, 0.6) is 0 Å². The fourth-order valence-corrected chi connectivity index (χ4v) is 0.960. The molecule has 0 aromatic rings. The summed E-state index contributed by atoms with van der Waals surface area (Å²) in [5.41, 5.74) is 0. The molecule has 0 bridgehead atoms. The average Bonchev–Trinajstić information content (AvgIpc) is 1.84. The number of rotatable bonds is 4. The summed E-state index contributed by atoms with van der Waals surface area (Å²) in [6, 6.07) is 0. The maximum Gasteiger partial charge on any atom is 0.333 e. The van der Waals surface area contributed by atoms with Crippen LogP contribution in [0.2, 0.25) is 19.6 Å². The molecule has 12 heavy (non-hydrogen) atoms. The van der Waals surface area contributed by atoms with E-state index in [4.69, 9.17) is 4.43 Å². The average molecular weight is 188 g/mol. The van der Waals surface area contributed by atoms with Crippen molar-refractivity contribution in [3.05, 3.63) is 12.3 Å². The Balaban J connectivity index is 3.69. The van der Waals surface area contributed by atoms with Crippen molar-refractivity contribution in [3.63, 3.8) is 0 Å². The van der Waals surface area contributed by atoms with E-state index in [2.05, 4.69) is 4.74 Å². The van der Waals surface area contributed by atoms with E-state index >= 15 is 0 Å². The Hall–Kier alpha value is -0.773. The molecule has 0 saturated heterocycles. The van der Waals surface area contributed by atoms with Gasteiger partial charge in [-0.25, -0.2) is 4.79 Å². The van der Waals surface area contributed by atoms with Crippen molar-refractivity contribution >= 4 is 14.3 Å². The molecular weight excluding hydrogens is 172 g/mol. The number of carbonyl (C=O) groups excluding carboxylic acids is 1. The van der Waals surface area contributed by atoms with E-state index < -0.39 is 8.32 Å². The monoisotopic (exact) mass is 188 g/mol. The van der Waals surface area contributed by atoms with E-state index in [1.807, 2.05) is 19.6 Å². The molecule has 0 aromatic heterocycles. The maximum absolute atomic E-state index is 10.8. The summed E-state index contributed by atoms with van der Waals surface area (Å²) in [6.07, 6.45) is 2.73. The lowest BCUT2D eigenvalue weighted by Gasteiger charge is -2.14. The standard InChI is InChI=1S/C8H16O3Si/c1-5-10-8(9)6-7-11-12(2,3)4/h6-7H,5H2,1-4H3/b7-6+. The summed E-state index contributed by atoms with van der Waals surface area (Å²) in [7, 11) is -1.54. The number of carbonyl (C=O) groups is 1. The van der Waals surface area contributed by atoms with Gasteiger partial charge in [-0.2, -0.15) is 0 Å². The van der Waals surface area contributed by atoms with Crippen molar-refractivity contribution in [1.29, 1.82) is 0 Å². The van der Waals surface area contributed by atoms with E-state index in [1.54, 1.807) is 6.92 Å². The Morgan fingerprint density at radius 2 is 2.00 bits per heavy atom. The molecule has 0 aromatic carbocycles. The van der Waals surface area contributed by atoms with Crippen LogP contribution in [0.1, 0.15) is 6.92 Å². The highest BCUT2D eigenvalue weighted by atomic mass is 28.4. The number of ether oxygens (including phenoxy) is 1. The first-order chi connectivity index (χ1) is 5.45. The molecule has 4 heteroatoms. The zero-order valence-corrected chi connectivity index (χ0v) is 9.09. The Kier molecular flexibility index (Phi) is 4.66. The number of hydrogen-bond donors (Lipinski definition) is 0. The minimum absolute atomic E-state index is 0.351. The maximum atomic E-state index is 10.8. The molecule has 0 heterocycles. The van der Waals surface area contributed by atoms with Crippen LogP contribution in [0.15, 0.2) is 12.3 Å². The summed E-state index contributed by atoms with van der Waals surface area (Å²) in [6.45, 7) is 8.30. The summed E-state index contributed by atoms with van der Waals surface area (Å²) >= 11 is 0. The van der Waals surface area contributed by atoms with Gasteiger partial charge in [0, 0.05) is 0 Å². The fraction of sp³-hybridized carbons (Fsp3) is 0.625. The highest BCUT2D eigenvalue weighted by molar-refractivity contribution is 6.69. The molecule has 0 fully saturated rings. The molecule has 0 aliphatic carbocycles. The van der Waals surface area contributed by atoms with E-state index in [0.717, 1.165) is 0 Å². The summed E-state index contributed by atoms with van der Waals surface area (Å²) in [5.74, 6) is -0.351. The van der Waals surface area contributed by atoms with Gasteiger partial charge < -0.3 is 9.16 Å². The third-order valence-electron chi connectivity index (χ3n) is 0.912. The Morgan fingerprint density at radius 3 is 2.42 bits per heavy atom. The minimum Gasteiger partial charge on any atom is -0.549 e. The molecule has 0 aliphatic rings. The van der Waals surface area contributed by atoms with Gasteiger partial charge in [-0.3, -0.25) is 0 Å². The Morgan fingerprint density at radius 1 is 1.42 bits per heavy atom. The molecule has 0 radical (unpaired) electrons. The molecule has 0 aliphatic heterocycles. The van der Waals surface area contributed by atoms with E-state index in [1.165, 1.54) is 12.3 Å². The van der Waals surface area contributed by atoms with Crippen LogP contribution >= 0.6 is 0 Å². The lowest BCUT2D eigenvalue weighted by atomic mass is 10.6. The lowest BCUT2D eigenvalue weighted by molar-refractivity contribution is -0.137. The van der Waals surface area contributed by atoms with Crippen molar-refractivity contribution in [1.82, 2.24) is 0 Å². The topological polar surface area (TPSA) is 35.5 Å². The molecule has 70 valence electrons. The predicted molar refractivity (Wildman–Crippen MR) is 50.2 cm³/mol. The second-order valence-electron chi connectivity index (χ2n) is 3.29. The third kappa shape index (κ3) is 7.34. The predicted octanol–water partition coefficient (Wildman–Crippen LogP) is 1.91. The van der Waals surface area contributed by atoms with E-state index in [0.29, 0.717) is 6.61 Å². The number of hydrogen-bond acceptors (Lipinski definition) is 3. The van der Waals surface area contributed by atoms with Gasteiger partial charge in [0.1, 0.15) is 0 Å². The van der Waals surface area contributed by atoms with Gasteiger partial charge in [0.25, 0.3) is 0 Å². The van der Waals surface area contributed by atoms with Crippen LogP contribution < -0.4 is 0 Å². The first kappa shape index (κ1) is 11.2. The van der Waals surface area contributed by atoms with Gasteiger partial charge >= 0.3 is 5.97 Å². The van der Waals surface area contributed by atoms with E-state index in [-0.39, 0.29) is 5.97 Å². The summed E-state index contributed by atoms with van der Waals surface area (Å²) < 4.78 is 9.97. The van der Waals surface area contributed by atoms with Gasteiger partial charge in [-0.1, -0.05) is 0 Å².